The summed E-state index contributed by atoms with van der Waals surface area (Å²) in [4.78, 5) is 18.1. The number of carbonyl (C=O) groups is 1. The van der Waals surface area contributed by atoms with E-state index in [0.29, 0.717) is 18.5 Å². The van der Waals surface area contributed by atoms with Crippen LogP contribution in [0.3, 0.4) is 0 Å². The number of likely N-dealkylation sites (tertiary alicyclic amines) is 1. The quantitative estimate of drug-likeness (QED) is 0.873. The number of amides is 1. The number of aromatic nitrogens is 1. The number of ether oxygens (including phenoxy) is 1. The van der Waals surface area contributed by atoms with Crippen LogP contribution in [0.25, 0.3) is 0 Å². The summed E-state index contributed by atoms with van der Waals surface area (Å²) in [5.41, 5.74) is 0.391. The van der Waals surface area contributed by atoms with Crippen LogP contribution in [0.4, 0.5) is 8.78 Å². The van der Waals surface area contributed by atoms with Crippen LogP contribution >= 0.6 is 0 Å². The van der Waals surface area contributed by atoms with Crippen molar-refractivity contribution in [3.05, 3.63) is 23.9 Å². The number of alkyl halides is 2. The number of nitrogens with zero attached hydrogens (tertiary/aromatic N) is 2. The van der Waals surface area contributed by atoms with Gasteiger partial charge < -0.3 is 14.7 Å². The van der Waals surface area contributed by atoms with Crippen LogP contribution in [0.1, 0.15) is 36.5 Å². The Morgan fingerprint density at radius 2 is 2.32 bits per heavy atom. The average Bonchev–Trinajstić information content (AvgIpc) is 2.92. The summed E-state index contributed by atoms with van der Waals surface area (Å²) in [5.74, 6) is -0.0881. The fourth-order valence-electron chi connectivity index (χ4n) is 2.65. The summed E-state index contributed by atoms with van der Waals surface area (Å²) in [5, 5.41) is 9.50. The summed E-state index contributed by atoms with van der Waals surface area (Å²) in [6, 6.07) is 2.96. The molecule has 2 unspecified atom stereocenters. The number of rotatable bonds is 6. The zero-order chi connectivity index (χ0) is 16.1. The van der Waals surface area contributed by atoms with Gasteiger partial charge >= 0.3 is 0 Å². The second-order valence-electron chi connectivity index (χ2n) is 5.47. The highest BCUT2D eigenvalue weighted by molar-refractivity contribution is 5.94. The summed E-state index contributed by atoms with van der Waals surface area (Å²) in [7, 11) is 0. The zero-order valence-corrected chi connectivity index (χ0v) is 12.4. The van der Waals surface area contributed by atoms with E-state index in [4.69, 9.17) is 4.74 Å². The van der Waals surface area contributed by atoms with Gasteiger partial charge in [0.25, 0.3) is 12.3 Å². The van der Waals surface area contributed by atoms with Crippen molar-refractivity contribution in [3.63, 3.8) is 0 Å². The molecule has 0 saturated carbocycles. The first-order valence-electron chi connectivity index (χ1n) is 7.33. The maximum absolute atomic E-state index is 12.5. The largest absolute Gasteiger partial charge is 0.472 e. The third kappa shape index (κ3) is 4.37. The molecule has 0 aromatic carbocycles. The van der Waals surface area contributed by atoms with Gasteiger partial charge in [-0.1, -0.05) is 0 Å². The standard InChI is InChI=1S/C15H20F2N2O3/c1-10(20)7-12-3-2-6-19(12)15(21)11-4-5-14(18-8-11)22-9-13(16)17/h4-5,8,10,12-13,20H,2-3,6-7,9H2,1H3. The molecule has 0 spiro atoms. The van der Waals surface area contributed by atoms with Crippen molar-refractivity contribution >= 4 is 5.91 Å². The van der Waals surface area contributed by atoms with Crippen LogP contribution in [0.5, 0.6) is 5.88 Å². The summed E-state index contributed by atoms with van der Waals surface area (Å²) in [6.07, 6.45) is 0.650. The van der Waals surface area contributed by atoms with E-state index in [9.17, 15) is 18.7 Å². The van der Waals surface area contributed by atoms with Crippen LogP contribution in [0.15, 0.2) is 18.3 Å². The van der Waals surface area contributed by atoms with E-state index in [1.807, 2.05) is 0 Å². The van der Waals surface area contributed by atoms with Gasteiger partial charge in [0, 0.05) is 24.8 Å². The fourth-order valence-corrected chi connectivity index (χ4v) is 2.65. The minimum Gasteiger partial charge on any atom is -0.472 e. The first-order valence-corrected chi connectivity index (χ1v) is 7.33. The van der Waals surface area contributed by atoms with Gasteiger partial charge in [-0.2, -0.15) is 0 Å². The van der Waals surface area contributed by atoms with Gasteiger partial charge in [-0.15, -0.1) is 0 Å². The highest BCUT2D eigenvalue weighted by Crippen LogP contribution is 2.24. The number of aliphatic hydroxyl groups excluding tert-OH is 1. The molecule has 2 atom stereocenters. The lowest BCUT2D eigenvalue weighted by molar-refractivity contribution is 0.0679. The smallest absolute Gasteiger partial charge is 0.272 e. The Labute approximate surface area is 127 Å². The molecule has 2 rings (SSSR count). The first kappa shape index (κ1) is 16.6. The van der Waals surface area contributed by atoms with Gasteiger partial charge in [0.15, 0.2) is 6.61 Å². The summed E-state index contributed by atoms with van der Waals surface area (Å²) in [6.45, 7) is 1.64. The highest BCUT2D eigenvalue weighted by atomic mass is 19.3. The minimum absolute atomic E-state index is 0.0299. The van der Waals surface area contributed by atoms with E-state index in [1.54, 1.807) is 11.8 Å². The van der Waals surface area contributed by atoms with Crippen molar-refractivity contribution in [2.24, 2.45) is 0 Å². The van der Waals surface area contributed by atoms with E-state index in [0.717, 1.165) is 12.8 Å². The maximum Gasteiger partial charge on any atom is 0.272 e. The number of carbonyl (C=O) groups excluding carboxylic acids is 1. The number of hydrogen-bond acceptors (Lipinski definition) is 4. The van der Waals surface area contributed by atoms with Crippen molar-refractivity contribution in [1.82, 2.24) is 9.88 Å². The van der Waals surface area contributed by atoms with Gasteiger partial charge in [0.1, 0.15) is 0 Å². The Morgan fingerprint density at radius 1 is 1.55 bits per heavy atom. The molecule has 2 heterocycles. The van der Waals surface area contributed by atoms with Gasteiger partial charge in [0.05, 0.1) is 11.7 Å². The lowest BCUT2D eigenvalue weighted by Gasteiger charge is -2.25. The van der Waals surface area contributed by atoms with E-state index < -0.39 is 19.1 Å². The molecule has 7 heteroatoms. The second-order valence-corrected chi connectivity index (χ2v) is 5.47. The molecule has 1 aliphatic rings. The molecule has 1 aromatic heterocycles. The monoisotopic (exact) mass is 314 g/mol. The van der Waals surface area contributed by atoms with Crippen molar-refractivity contribution in [3.8, 4) is 5.88 Å². The molecule has 0 aliphatic carbocycles. The van der Waals surface area contributed by atoms with Gasteiger partial charge in [-0.05, 0) is 32.3 Å². The van der Waals surface area contributed by atoms with Crippen LogP contribution in [0.2, 0.25) is 0 Å². The molecule has 0 radical (unpaired) electrons. The minimum atomic E-state index is -2.56. The first-order chi connectivity index (χ1) is 10.5. The SMILES string of the molecule is CC(O)CC1CCCN1C(=O)c1ccc(OCC(F)F)nc1. The predicted octanol–water partition coefficient (Wildman–Crippen LogP) is 2.10. The topological polar surface area (TPSA) is 62.7 Å². The van der Waals surface area contributed by atoms with Gasteiger partial charge in [-0.3, -0.25) is 4.79 Å². The van der Waals surface area contributed by atoms with Crippen LogP contribution in [-0.2, 0) is 0 Å². The van der Waals surface area contributed by atoms with Crippen LogP contribution < -0.4 is 4.74 Å². The predicted molar refractivity (Wildman–Crippen MR) is 76.1 cm³/mol. The van der Waals surface area contributed by atoms with Gasteiger partial charge in [-0.25, -0.2) is 13.8 Å². The molecule has 1 fully saturated rings. The Balaban J connectivity index is 1.99. The lowest BCUT2D eigenvalue weighted by Crippen LogP contribution is -2.37. The Kier molecular flexibility index (Phi) is 5.65. The molecule has 1 N–H and O–H groups in total. The molecule has 22 heavy (non-hydrogen) atoms. The van der Waals surface area contributed by atoms with Crippen molar-refractivity contribution < 1.29 is 23.4 Å². The van der Waals surface area contributed by atoms with Crippen LogP contribution in [-0.4, -0.2) is 52.6 Å². The third-order valence-electron chi connectivity index (χ3n) is 3.59. The van der Waals surface area contributed by atoms with Gasteiger partial charge in [0.2, 0.25) is 5.88 Å². The molecule has 122 valence electrons. The van der Waals surface area contributed by atoms with E-state index >= 15 is 0 Å². The van der Waals surface area contributed by atoms with E-state index in [2.05, 4.69) is 4.98 Å². The Bertz CT molecular complexity index is 494. The summed E-state index contributed by atoms with van der Waals surface area (Å²) < 4.78 is 28.9. The fraction of sp³-hybridized carbons (Fsp3) is 0.600. The average molecular weight is 314 g/mol. The molecule has 1 aliphatic heterocycles. The molecular formula is C15H20F2N2O3. The molecule has 0 bridgehead atoms. The number of halogens is 2. The molecule has 1 saturated heterocycles. The number of pyridine rings is 1. The van der Waals surface area contributed by atoms with E-state index in [-0.39, 0.29) is 17.8 Å². The summed E-state index contributed by atoms with van der Waals surface area (Å²) >= 11 is 0. The Hall–Kier alpha value is -1.76. The zero-order valence-electron chi connectivity index (χ0n) is 12.4. The molecule has 5 nitrogen and oxygen atoms in total. The van der Waals surface area contributed by atoms with Crippen molar-refractivity contribution in [2.45, 2.75) is 44.8 Å². The number of aliphatic hydroxyl groups is 1. The molecular weight excluding hydrogens is 294 g/mol. The van der Waals surface area contributed by atoms with E-state index in [1.165, 1.54) is 18.3 Å². The second kappa shape index (κ2) is 7.49. The number of hydrogen-bond donors (Lipinski definition) is 1. The maximum atomic E-state index is 12.5. The lowest BCUT2D eigenvalue weighted by atomic mass is 10.1. The highest BCUT2D eigenvalue weighted by Gasteiger charge is 2.30. The van der Waals surface area contributed by atoms with Crippen molar-refractivity contribution in [2.75, 3.05) is 13.2 Å². The van der Waals surface area contributed by atoms with Crippen LogP contribution in [0, 0.1) is 0 Å². The molecule has 1 amide bonds. The third-order valence-corrected chi connectivity index (χ3v) is 3.59. The Morgan fingerprint density at radius 3 is 2.91 bits per heavy atom. The normalized spacial score (nSPS) is 19.5. The molecule has 1 aromatic rings. The van der Waals surface area contributed by atoms with Crippen molar-refractivity contribution in [1.29, 1.82) is 0 Å².